The maximum atomic E-state index is 13.1. The normalized spacial score (nSPS) is 20.8. The highest BCUT2D eigenvalue weighted by Crippen LogP contribution is 2.23. The molecule has 1 rings (SSSR count). The molecule has 0 aliphatic carbocycles. The summed E-state index contributed by atoms with van der Waals surface area (Å²) in [6, 6.07) is -0.985. The van der Waals surface area contributed by atoms with E-state index in [1.165, 1.54) is 148 Å². The van der Waals surface area contributed by atoms with Crippen LogP contribution < -0.4 is 5.32 Å². The summed E-state index contributed by atoms with van der Waals surface area (Å²) in [6.07, 6.45) is 45.1. The lowest BCUT2D eigenvalue weighted by Gasteiger charge is -2.40. The van der Waals surface area contributed by atoms with Crippen molar-refractivity contribution in [3.8, 4) is 0 Å². The van der Waals surface area contributed by atoms with Crippen LogP contribution in [0.2, 0.25) is 0 Å². The second-order valence-electron chi connectivity index (χ2n) is 18.8. The van der Waals surface area contributed by atoms with Crippen molar-refractivity contribution in [2.24, 2.45) is 0 Å². The van der Waals surface area contributed by atoms with Gasteiger partial charge in [0.25, 0.3) is 0 Å². The van der Waals surface area contributed by atoms with Crippen molar-refractivity contribution in [2.45, 2.75) is 288 Å². The van der Waals surface area contributed by atoms with Crippen molar-refractivity contribution < 1.29 is 44.9 Å². The van der Waals surface area contributed by atoms with E-state index in [2.05, 4.69) is 43.5 Å². The van der Waals surface area contributed by atoms with E-state index in [0.29, 0.717) is 12.8 Å². The third kappa shape index (κ3) is 32.9. The molecule has 1 fully saturated rings. The Bertz CT molecular complexity index is 1120. The van der Waals surface area contributed by atoms with Gasteiger partial charge in [0.1, 0.15) is 30.5 Å². The predicted molar refractivity (Wildman–Crippen MR) is 264 cm³/mol. The minimum Gasteiger partial charge on any atom is -0.394 e. The van der Waals surface area contributed by atoms with Crippen LogP contribution in [-0.2, 0) is 14.3 Å². The first kappa shape index (κ1) is 60.4. The molecule has 0 saturated carbocycles. The first-order valence-corrected chi connectivity index (χ1v) is 26.8. The summed E-state index contributed by atoms with van der Waals surface area (Å²) >= 11 is 0. The molecule has 10 heteroatoms. The largest absolute Gasteiger partial charge is 0.394 e. The van der Waals surface area contributed by atoms with Gasteiger partial charge in [-0.1, -0.05) is 224 Å². The molecule has 1 heterocycles. The molecular weight excluding hydrogens is 807 g/mol. The lowest BCUT2D eigenvalue weighted by atomic mass is 9.99. The minimum atomic E-state index is -1.61. The summed E-state index contributed by atoms with van der Waals surface area (Å²) < 4.78 is 11.2. The SMILES string of the molecule is CCCCCCCCCCC/C=C\C/C=C\CCCCCCCCC(O)C(=O)NC(COC1OC(CO)C(O)C(O)C1O)C(O)/C=C/CCCCCCCCCCCCCCCCC. The second-order valence-corrected chi connectivity index (χ2v) is 18.8. The molecule has 1 saturated heterocycles. The summed E-state index contributed by atoms with van der Waals surface area (Å²) in [7, 11) is 0. The van der Waals surface area contributed by atoms with Crippen LogP contribution in [0.25, 0.3) is 0 Å². The number of hydrogen-bond acceptors (Lipinski definition) is 9. The van der Waals surface area contributed by atoms with Gasteiger partial charge in [0.2, 0.25) is 5.91 Å². The van der Waals surface area contributed by atoms with Gasteiger partial charge in [0.15, 0.2) is 6.29 Å². The number of carbonyl (C=O) groups excluding carboxylic acids is 1. The number of aliphatic hydroxyl groups is 6. The fourth-order valence-corrected chi connectivity index (χ4v) is 8.43. The van der Waals surface area contributed by atoms with Crippen LogP contribution in [0, 0.1) is 0 Å². The summed E-state index contributed by atoms with van der Waals surface area (Å²) in [4.78, 5) is 13.1. The summed E-state index contributed by atoms with van der Waals surface area (Å²) in [5, 5.41) is 64.9. The summed E-state index contributed by atoms with van der Waals surface area (Å²) in [5.41, 5.74) is 0. The quantitative estimate of drug-likeness (QED) is 0.0232. The van der Waals surface area contributed by atoms with E-state index in [9.17, 15) is 35.4 Å². The smallest absolute Gasteiger partial charge is 0.249 e. The van der Waals surface area contributed by atoms with Gasteiger partial charge in [0.05, 0.1) is 25.4 Å². The maximum Gasteiger partial charge on any atom is 0.249 e. The van der Waals surface area contributed by atoms with E-state index >= 15 is 0 Å². The maximum absolute atomic E-state index is 13.1. The Balaban J connectivity index is 2.34. The van der Waals surface area contributed by atoms with Crippen molar-refractivity contribution in [3.05, 3.63) is 36.5 Å². The average Bonchev–Trinajstić information content (AvgIpc) is 3.29. The summed E-state index contributed by atoms with van der Waals surface area (Å²) in [6.45, 7) is 3.62. The Kier molecular flexibility index (Phi) is 41.4. The topological polar surface area (TPSA) is 169 Å². The van der Waals surface area contributed by atoms with Crippen LogP contribution in [0.1, 0.15) is 239 Å². The fraction of sp³-hybridized carbons (Fsp3) is 0.870. The van der Waals surface area contributed by atoms with Gasteiger partial charge in [-0.15, -0.1) is 0 Å². The van der Waals surface area contributed by atoms with E-state index in [1.54, 1.807) is 6.08 Å². The zero-order chi connectivity index (χ0) is 46.7. The predicted octanol–water partition coefficient (Wildman–Crippen LogP) is 11.4. The lowest BCUT2D eigenvalue weighted by molar-refractivity contribution is -0.302. The van der Waals surface area contributed by atoms with Gasteiger partial charge in [-0.05, 0) is 51.4 Å². The first-order valence-electron chi connectivity index (χ1n) is 26.8. The average molecular weight is 908 g/mol. The van der Waals surface area contributed by atoms with Crippen molar-refractivity contribution in [1.82, 2.24) is 5.32 Å². The van der Waals surface area contributed by atoms with E-state index in [4.69, 9.17) is 9.47 Å². The molecule has 7 N–H and O–H groups in total. The Morgan fingerprint density at radius 3 is 1.39 bits per heavy atom. The Labute approximate surface area is 392 Å². The molecule has 8 atom stereocenters. The summed E-state index contributed by atoms with van der Waals surface area (Å²) in [5.74, 6) is -0.623. The van der Waals surface area contributed by atoms with Gasteiger partial charge < -0.3 is 45.4 Å². The lowest BCUT2D eigenvalue weighted by Crippen LogP contribution is -2.60. The molecule has 0 bridgehead atoms. The molecular formula is C54H101NO9. The monoisotopic (exact) mass is 908 g/mol. The van der Waals surface area contributed by atoms with Crippen LogP contribution in [0.5, 0.6) is 0 Å². The fourth-order valence-electron chi connectivity index (χ4n) is 8.43. The van der Waals surface area contributed by atoms with Gasteiger partial charge in [-0.25, -0.2) is 0 Å². The standard InChI is InChI=1S/C54H101NO9/c1-3-5-7-9-11-13-15-17-19-21-22-23-24-25-27-29-31-33-35-37-39-41-43-48(58)53(62)55-46(45-63-54-52(61)51(60)50(59)49(44-56)64-54)47(57)42-40-38-36-34-32-30-28-26-20-18-16-14-12-10-8-6-4-2/h22-23,25,27,40,42,46-52,54,56-61H,3-21,24,26,28-39,41,43-45H2,1-2H3,(H,55,62)/b23-22-,27-25-,42-40+. The van der Waals surface area contributed by atoms with E-state index in [0.717, 1.165) is 64.2 Å². The molecule has 64 heavy (non-hydrogen) atoms. The molecule has 0 aromatic carbocycles. The van der Waals surface area contributed by atoms with Crippen molar-refractivity contribution in [1.29, 1.82) is 0 Å². The van der Waals surface area contributed by atoms with Crippen LogP contribution in [-0.4, -0.2) is 98.7 Å². The molecule has 1 aliphatic rings. The highest BCUT2D eigenvalue weighted by molar-refractivity contribution is 5.80. The third-order valence-electron chi connectivity index (χ3n) is 12.8. The van der Waals surface area contributed by atoms with E-state index in [-0.39, 0.29) is 6.61 Å². The minimum absolute atomic E-state index is 0.298. The van der Waals surface area contributed by atoms with Crippen LogP contribution >= 0.6 is 0 Å². The number of allylic oxidation sites excluding steroid dienone is 5. The molecule has 8 unspecified atom stereocenters. The third-order valence-corrected chi connectivity index (χ3v) is 12.8. The zero-order valence-corrected chi connectivity index (χ0v) is 41.2. The number of hydrogen-bond donors (Lipinski definition) is 7. The van der Waals surface area contributed by atoms with Gasteiger partial charge in [-0.2, -0.15) is 0 Å². The highest BCUT2D eigenvalue weighted by atomic mass is 16.7. The highest BCUT2D eigenvalue weighted by Gasteiger charge is 2.44. The molecule has 0 radical (unpaired) electrons. The number of nitrogens with one attached hydrogen (secondary N) is 1. The number of unbranched alkanes of at least 4 members (excludes halogenated alkanes) is 30. The van der Waals surface area contributed by atoms with Crippen LogP contribution in [0.3, 0.4) is 0 Å². The molecule has 1 aliphatic heterocycles. The number of aliphatic hydroxyl groups excluding tert-OH is 6. The molecule has 1 amide bonds. The van der Waals surface area contributed by atoms with Crippen molar-refractivity contribution >= 4 is 5.91 Å². The van der Waals surface area contributed by atoms with Crippen molar-refractivity contribution in [3.63, 3.8) is 0 Å². The van der Waals surface area contributed by atoms with E-state index < -0.39 is 61.5 Å². The van der Waals surface area contributed by atoms with Crippen molar-refractivity contribution in [2.75, 3.05) is 13.2 Å². The van der Waals surface area contributed by atoms with Gasteiger partial charge in [-0.3, -0.25) is 4.79 Å². The van der Waals surface area contributed by atoms with Crippen LogP contribution in [0.4, 0.5) is 0 Å². The number of amides is 1. The molecule has 0 spiro atoms. The zero-order valence-electron chi connectivity index (χ0n) is 41.2. The van der Waals surface area contributed by atoms with Gasteiger partial charge >= 0.3 is 0 Å². The number of ether oxygens (including phenoxy) is 2. The molecule has 0 aromatic heterocycles. The van der Waals surface area contributed by atoms with Crippen LogP contribution in [0.15, 0.2) is 36.5 Å². The van der Waals surface area contributed by atoms with Gasteiger partial charge in [0, 0.05) is 0 Å². The number of rotatable bonds is 45. The first-order chi connectivity index (χ1) is 31.3. The number of carbonyl (C=O) groups is 1. The Morgan fingerprint density at radius 2 is 0.953 bits per heavy atom. The second kappa shape index (κ2) is 43.9. The molecule has 0 aromatic rings. The Hall–Kier alpha value is -1.63. The molecule has 10 nitrogen and oxygen atoms in total. The Morgan fingerprint density at radius 1 is 0.547 bits per heavy atom. The molecule has 376 valence electrons. The van der Waals surface area contributed by atoms with E-state index in [1.807, 2.05) is 6.08 Å².